The minimum atomic E-state index is -0.637. The van der Waals surface area contributed by atoms with Gasteiger partial charge in [-0.3, -0.25) is 9.48 Å². The van der Waals surface area contributed by atoms with E-state index in [1.54, 1.807) is 47.5 Å². The van der Waals surface area contributed by atoms with Crippen LogP contribution in [0.5, 0.6) is 0 Å². The number of hydrogen-bond acceptors (Lipinski definition) is 7. The SMILES string of the molecule is Cc1c(-c2nnc(C(=O)N3CCc4[nH]cnc4[C@@H]3c3cc4c(F)cccn4n3)o2)cnn1C. The number of carbonyl (C=O) groups excluding carboxylic acids is 1. The molecule has 0 aliphatic carbocycles. The molecule has 0 saturated heterocycles. The van der Waals surface area contributed by atoms with Gasteiger partial charge in [0.25, 0.3) is 5.89 Å². The maximum Gasteiger partial charge on any atom is 0.312 e. The maximum atomic E-state index is 14.3. The van der Waals surface area contributed by atoms with Crippen molar-refractivity contribution in [3.05, 3.63) is 71.4 Å². The van der Waals surface area contributed by atoms with Crippen LogP contribution in [0.3, 0.4) is 0 Å². The summed E-state index contributed by atoms with van der Waals surface area (Å²) in [6.45, 7) is 2.25. The molecular formula is C21H18FN9O2. The number of aromatic amines is 1. The number of nitrogens with zero attached hydrogens (tertiary/aromatic N) is 8. The van der Waals surface area contributed by atoms with Crippen molar-refractivity contribution in [2.24, 2.45) is 7.05 Å². The van der Waals surface area contributed by atoms with Gasteiger partial charge in [-0.1, -0.05) is 0 Å². The quantitative estimate of drug-likeness (QED) is 0.449. The number of nitrogens with one attached hydrogen (secondary N) is 1. The first kappa shape index (κ1) is 19.3. The monoisotopic (exact) mass is 447 g/mol. The first-order valence-electron chi connectivity index (χ1n) is 10.3. The summed E-state index contributed by atoms with van der Waals surface area (Å²) in [5, 5.41) is 16.7. The van der Waals surface area contributed by atoms with Crippen LogP contribution in [0.4, 0.5) is 4.39 Å². The Balaban J connectivity index is 1.41. The van der Waals surface area contributed by atoms with Crippen LogP contribution in [0, 0.1) is 12.7 Å². The summed E-state index contributed by atoms with van der Waals surface area (Å²) in [6, 6.07) is 3.93. The predicted octanol–water partition coefficient (Wildman–Crippen LogP) is 2.08. The molecule has 166 valence electrons. The van der Waals surface area contributed by atoms with Gasteiger partial charge in [-0.15, -0.1) is 10.2 Å². The highest BCUT2D eigenvalue weighted by Gasteiger charge is 2.38. The second-order valence-electron chi connectivity index (χ2n) is 7.85. The van der Waals surface area contributed by atoms with Crippen molar-refractivity contribution in [2.45, 2.75) is 19.4 Å². The van der Waals surface area contributed by atoms with Crippen molar-refractivity contribution in [3.8, 4) is 11.5 Å². The highest BCUT2D eigenvalue weighted by molar-refractivity contribution is 5.90. The number of aryl methyl sites for hydroxylation is 1. The molecule has 0 aromatic carbocycles. The van der Waals surface area contributed by atoms with Crippen LogP contribution in [0.15, 0.2) is 41.3 Å². The average molecular weight is 447 g/mol. The van der Waals surface area contributed by atoms with E-state index in [4.69, 9.17) is 4.42 Å². The van der Waals surface area contributed by atoms with Gasteiger partial charge in [-0.05, 0) is 25.1 Å². The fourth-order valence-corrected chi connectivity index (χ4v) is 4.18. The third kappa shape index (κ3) is 2.94. The number of pyridine rings is 1. The van der Waals surface area contributed by atoms with E-state index in [2.05, 4.69) is 30.4 Å². The van der Waals surface area contributed by atoms with Crippen LogP contribution < -0.4 is 0 Å². The van der Waals surface area contributed by atoms with E-state index < -0.39 is 17.8 Å². The Morgan fingerprint density at radius 2 is 2.21 bits per heavy atom. The highest BCUT2D eigenvalue weighted by Crippen LogP contribution is 2.34. The summed E-state index contributed by atoms with van der Waals surface area (Å²) in [4.78, 5) is 22.6. The molecule has 0 fully saturated rings. The number of imidazole rings is 1. The minimum Gasteiger partial charge on any atom is -0.412 e. The molecule has 1 amide bonds. The molecule has 1 atom stereocenters. The van der Waals surface area contributed by atoms with Gasteiger partial charge in [0.15, 0.2) is 0 Å². The van der Waals surface area contributed by atoms with Crippen LogP contribution in [0.25, 0.3) is 17.0 Å². The third-order valence-electron chi connectivity index (χ3n) is 6.01. The zero-order chi connectivity index (χ0) is 22.7. The summed E-state index contributed by atoms with van der Waals surface area (Å²) in [5.74, 6) is -0.785. The van der Waals surface area contributed by atoms with Gasteiger partial charge >= 0.3 is 11.8 Å². The molecule has 5 aromatic heterocycles. The largest absolute Gasteiger partial charge is 0.412 e. The maximum absolute atomic E-state index is 14.3. The molecule has 11 nitrogen and oxygen atoms in total. The first-order chi connectivity index (χ1) is 16.0. The topological polar surface area (TPSA) is 123 Å². The second-order valence-corrected chi connectivity index (χ2v) is 7.85. The van der Waals surface area contributed by atoms with Crippen LogP contribution in [-0.4, -0.2) is 56.9 Å². The Labute approximate surface area is 185 Å². The van der Waals surface area contributed by atoms with E-state index in [0.717, 1.165) is 11.4 Å². The Bertz CT molecular complexity index is 1510. The van der Waals surface area contributed by atoms with E-state index in [-0.39, 0.29) is 11.8 Å². The lowest BCUT2D eigenvalue weighted by atomic mass is 9.99. The Morgan fingerprint density at radius 3 is 3.00 bits per heavy atom. The van der Waals surface area contributed by atoms with E-state index in [1.807, 2.05) is 6.92 Å². The van der Waals surface area contributed by atoms with E-state index in [1.165, 1.54) is 10.6 Å². The molecule has 5 aromatic rings. The lowest BCUT2D eigenvalue weighted by Crippen LogP contribution is -2.41. The standard InChI is InChI=1S/C21H18FN9O2/c1-11-12(9-25-29(11)2)19-26-27-20(33-19)21(32)30-7-5-14-17(24-10-23-14)18(30)15-8-16-13(22)4-3-6-31(16)28-15/h3-4,6,8-10,18H,5,7H2,1-2H3,(H,23,24)/t18-/m0/s1. The molecule has 6 heterocycles. The molecule has 12 heteroatoms. The summed E-state index contributed by atoms with van der Waals surface area (Å²) >= 11 is 0. The Morgan fingerprint density at radius 1 is 1.33 bits per heavy atom. The first-order valence-corrected chi connectivity index (χ1v) is 10.3. The summed E-state index contributed by atoms with van der Waals surface area (Å²) in [6.07, 6.45) is 5.42. The summed E-state index contributed by atoms with van der Waals surface area (Å²) < 4.78 is 23.2. The van der Waals surface area contributed by atoms with Gasteiger partial charge in [-0.25, -0.2) is 13.9 Å². The summed E-state index contributed by atoms with van der Waals surface area (Å²) in [5.41, 5.74) is 3.85. The third-order valence-corrected chi connectivity index (χ3v) is 6.01. The van der Waals surface area contributed by atoms with Crippen LogP contribution in [-0.2, 0) is 13.5 Å². The molecule has 1 aliphatic rings. The van der Waals surface area contributed by atoms with Crippen molar-refractivity contribution in [1.82, 2.24) is 44.5 Å². The van der Waals surface area contributed by atoms with E-state index in [9.17, 15) is 9.18 Å². The molecule has 1 aliphatic heterocycles. The number of halogens is 1. The van der Waals surface area contributed by atoms with Crippen molar-refractivity contribution < 1.29 is 13.6 Å². The lowest BCUT2D eigenvalue weighted by Gasteiger charge is -2.32. The van der Waals surface area contributed by atoms with Gasteiger partial charge in [0, 0.05) is 37.6 Å². The predicted molar refractivity (Wildman–Crippen MR) is 112 cm³/mol. The van der Waals surface area contributed by atoms with Crippen molar-refractivity contribution in [1.29, 1.82) is 0 Å². The number of carbonyl (C=O) groups is 1. The number of fused-ring (bicyclic) bond motifs is 2. The van der Waals surface area contributed by atoms with Gasteiger partial charge in [0.2, 0.25) is 0 Å². The van der Waals surface area contributed by atoms with Crippen molar-refractivity contribution >= 4 is 11.4 Å². The smallest absolute Gasteiger partial charge is 0.312 e. The number of aromatic nitrogens is 8. The van der Waals surface area contributed by atoms with E-state index in [0.29, 0.717) is 35.4 Å². The molecule has 1 N–H and O–H groups in total. The zero-order valence-electron chi connectivity index (χ0n) is 17.7. The molecule has 6 rings (SSSR count). The van der Waals surface area contributed by atoms with Crippen molar-refractivity contribution in [2.75, 3.05) is 6.54 Å². The number of H-pyrrole nitrogens is 1. The normalized spacial score (nSPS) is 15.8. The van der Waals surface area contributed by atoms with Gasteiger partial charge < -0.3 is 14.3 Å². The van der Waals surface area contributed by atoms with Crippen LogP contribution in [0.2, 0.25) is 0 Å². The Hall–Kier alpha value is -4.35. The highest BCUT2D eigenvalue weighted by atomic mass is 19.1. The molecule has 0 spiro atoms. The number of rotatable bonds is 3. The molecule has 0 saturated carbocycles. The van der Waals surface area contributed by atoms with E-state index >= 15 is 0 Å². The Kier molecular flexibility index (Phi) is 4.15. The van der Waals surface area contributed by atoms with Gasteiger partial charge in [-0.2, -0.15) is 10.2 Å². The average Bonchev–Trinajstić information content (AvgIpc) is 3.60. The van der Waals surface area contributed by atoms with Crippen molar-refractivity contribution in [3.63, 3.8) is 0 Å². The minimum absolute atomic E-state index is 0.146. The molecule has 0 radical (unpaired) electrons. The number of amides is 1. The number of hydrogen-bond donors (Lipinski definition) is 1. The zero-order valence-corrected chi connectivity index (χ0v) is 17.7. The van der Waals surface area contributed by atoms with Crippen LogP contribution in [0.1, 0.15) is 39.5 Å². The molecule has 0 unspecified atom stereocenters. The lowest BCUT2D eigenvalue weighted by molar-refractivity contribution is 0.0646. The molecular weight excluding hydrogens is 429 g/mol. The van der Waals surface area contributed by atoms with Crippen LogP contribution >= 0.6 is 0 Å². The van der Waals surface area contributed by atoms with Gasteiger partial charge in [0.05, 0.1) is 29.5 Å². The fraction of sp³-hybridized carbons (Fsp3) is 0.238. The fourth-order valence-electron chi connectivity index (χ4n) is 4.18. The second kappa shape index (κ2) is 7.08. The van der Waals surface area contributed by atoms with Gasteiger partial charge in [0.1, 0.15) is 17.4 Å². The summed E-state index contributed by atoms with van der Waals surface area (Å²) in [7, 11) is 1.80. The molecule has 0 bridgehead atoms. The molecule has 33 heavy (non-hydrogen) atoms.